The highest BCUT2D eigenvalue weighted by atomic mass is 35.5. The molecule has 2 aromatic carbocycles. The molecule has 0 unspecified atom stereocenters. The van der Waals surface area contributed by atoms with Crippen LogP contribution < -0.4 is 16.0 Å². The van der Waals surface area contributed by atoms with E-state index < -0.39 is 0 Å². The maximum absolute atomic E-state index is 5.98. The van der Waals surface area contributed by atoms with E-state index in [1.165, 1.54) is 16.7 Å². The van der Waals surface area contributed by atoms with Gasteiger partial charge in [0.2, 0.25) is 0 Å². The molecule has 6 nitrogen and oxygen atoms in total. The first-order valence-corrected chi connectivity index (χ1v) is 14.1. The van der Waals surface area contributed by atoms with Gasteiger partial charge in [0.1, 0.15) is 0 Å². The van der Waals surface area contributed by atoms with Crippen LogP contribution in [0.1, 0.15) is 28.1 Å². The van der Waals surface area contributed by atoms with Crippen LogP contribution in [0.25, 0.3) is 0 Å². The minimum Gasteiger partial charge on any atom is -0.312 e. The van der Waals surface area contributed by atoms with Crippen LogP contribution in [0, 0.1) is 0 Å². The van der Waals surface area contributed by atoms with Gasteiger partial charge in [-0.2, -0.15) is 0 Å². The highest BCUT2D eigenvalue weighted by molar-refractivity contribution is 6.30. The fraction of sp³-hybridized carbons (Fsp3) is 0.312. The lowest BCUT2D eigenvalue weighted by molar-refractivity contribution is 0.263. The number of aromatic nitrogens is 2. The van der Waals surface area contributed by atoms with Crippen molar-refractivity contribution in [1.29, 1.82) is 0 Å². The molecule has 3 N–H and O–H groups in total. The van der Waals surface area contributed by atoms with Gasteiger partial charge in [-0.1, -0.05) is 60.1 Å². The maximum Gasteiger partial charge on any atom is 0.0541 e. The van der Waals surface area contributed by atoms with Gasteiger partial charge in [0, 0.05) is 69.8 Å². The van der Waals surface area contributed by atoms with Crippen molar-refractivity contribution in [1.82, 2.24) is 30.8 Å². The minimum atomic E-state index is 0.784. The Morgan fingerprint density at radius 3 is 1.67 bits per heavy atom. The molecule has 0 radical (unpaired) electrons. The summed E-state index contributed by atoms with van der Waals surface area (Å²) in [6.45, 7) is 8.04. The molecule has 0 bridgehead atoms. The normalized spacial score (nSPS) is 11.2. The first kappa shape index (κ1) is 28.9. The van der Waals surface area contributed by atoms with E-state index in [4.69, 9.17) is 11.6 Å². The smallest absolute Gasteiger partial charge is 0.0541 e. The van der Waals surface area contributed by atoms with E-state index >= 15 is 0 Å². The summed E-state index contributed by atoms with van der Waals surface area (Å²) < 4.78 is 0. The lowest BCUT2D eigenvalue weighted by atomic mass is 10.1. The number of nitrogens with one attached hydrogen (secondary N) is 3. The second kappa shape index (κ2) is 16.7. The van der Waals surface area contributed by atoms with Crippen LogP contribution >= 0.6 is 11.6 Å². The van der Waals surface area contributed by atoms with Crippen LogP contribution in [0.5, 0.6) is 0 Å². The molecule has 0 atom stereocenters. The standard InChI is InChI=1S/C32H39ClN6/c33-30-13-11-27(12-14-30)15-18-34-23-28-7-9-29(10-8-28)26-39(21-19-35-24-31-5-1-3-16-37-31)22-20-36-25-32-6-2-4-17-38-32/h1-14,16-17,34-36H,15,18-26H2. The Kier molecular flexibility index (Phi) is 12.4. The summed E-state index contributed by atoms with van der Waals surface area (Å²) >= 11 is 5.98. The van der Waals surface area contributed by atoms with Crippen molar-refractivity contribution in [3.8, 4) is 0 Å². The third-order valence-corrected chi connectivity index (χ3v) is 6.79. The Balaban J connectivity index is 1.21. The highest BCUT2D eigenvalue weighted by Gasteiger charge is 2.07. The molecule has 0 saturated carbocycles. The molecular formula is C32H39ClN6. The van der Waals surface area contributed by atoms with Crippen LogP contribution in [0.3, 0.4) is 0 Å². The average Bonchev–Trinajstić information content (AvgIpc) is 2.98. The van der Waals surface area contributed by atoms with Gasteiger partial charge in [0.25, 0.3) is 0 Å². The number of nitrogens with zero attached hydrogens (tertiary/aromatic N) is 3. The van der Waals surface area contributed by atoms with Gasteiger partial charge in [0.15, 0.2) is 0 Å². The number of rotatable bonds is 17. The predicted octanol–water partition coefficient (Wildman–Crippen LogP) is 4.84. The molecule has 204 valence electrons. The van der Waals surface area contributed by atoms with E-state index in [1.54, 1.807) is 0 Å². The Bertz CT molecular complexity index is 1140. The molecule has 0 saturated heterocycles. The van der Waals surface area contributed by atoms with Gasteiger partial charge in [-0.05, 0) is 66.1 Å². The molecule has 0 spiro atoms. The Morgan fingerprint density at radius 1 is 0.564 bits per heavy atom. The van der Waals surface area contributed by atoms with Crippen LogP contribution in [0.15, 0.2) is 97.3 Å². The summed E-state index contributed by atoms with van der Waals surface area (Å²) in [6.07, 6.45) is 4.68. The number of halogens is 1. The Labute approximate surface area is 237 Å². The zero-order chi connectivity index (χ0) is 27.0. The summed E-state index contributed by atoms with van der Waals surface area (Å²) in [5.41, 5.74) is 6.06. The molecule has 0 fully saturated rings. The van der Waals surface area contributed by atoms with Crippen molar-refractivity contribution in [3.63, 3.8) is 0 Å². The third kappa shape index (κ3) is 11.2. The van der Waals surface area contributed by atoms with E-state index in [2.05, 4.69) is 79.3 Å². The van der Waals surface area contributed by atoms with Crippen molar-refractivity contribution in [2.75, 3.05) is 32.7 Å². The van der Waals surface area contributed by atoms with E-state index in [-0.39, 0.29) is 0 Å². The van der Waals surface area contributed by atoms with Gasteiger partial charge in [-0.3, -0.25) is 14.9 Å². The van der Waals surface area contributed by atoms with Crippen molar-refractivity contribution >= 4 is 11.6 Å². The summed E-state index contributed by atoms with van der Waals surface area (Å²) in [6, 6.07) is 29.1. The van der Waals surface area contributed by atoms with Crippen LogP contribution in [-0.2, 0) is 32.6 Å². The quantitative estimate of drug-likeness (QED) is 0.166. The predicted molar refractivity (Wildman–Crippen MR) is 160 cm³/mol. The topological polar surface area (TPSA) is 65.1 Å². The summed E-state index contributed by atoms with van der Waals surface area (Å²) in [7, 11) is 0. The van der Waals surface area contributed by atoms with Gasteiger partial charge in [-0.15, -0.1) is 0 Å². The summed E-state index contributed by atoms with van der Waals surface area (Å²) in [5, 5.41) is 11.4. The van der Waals surface area contributed by atoms with E-state index in [1.807, 2.05) is 48.8 Å². The number of pyridine rings is 2. The highest BCUT2D eigenvalue weighted by Crippen LogP contribution is 2.10. The molecule has 0 aliphatic carbocycles. The molecule has 4 rings (SSSR count). The third-order valence-electron chi connectivity index (χ3n) is 6.54. The van der Waals surface area contributed by atoms with Crippen LogP contribution in [0.4, 0.5) is 0 Å². The van der Waals surface area contributed by atoms with Gasteiger partial charge in [0.05, 0.1) is 11.4 Å². The van der Waals surface area contributed by atoms with Crippen LogP contribution in [0.2, 0.25) is 5.02 Å². The molecule has 4 aromatic rings. The summed E-state index contributed by atoms with van der Waals surface area (Å²) in [4.78, 5) is 11.3. The fourth-order valence-corrected chi connectivity index (χ4v) is 4.45. The lowest BCUT2D eigenvalue weighted by Crippen LogP contribution is -2.36. The zero-order valence-corrected chi connectivity index (χ0v) is 23.3. The van der Waals surface area contributed by atoms with Crippen molar-refractivity contribution < 1.29 is 0 Å². The SMILES string of the molecule is Clc1ccc(CCNCc2ccc(CN(CCNCc3ccccn3)CCNCc3ccccn3)cc2)cc1. The van der Waals surface area contributed by atoms with Gasteiger partial charge < -0.3 is 16.0 Å². The molecule has 0 amide bonds. The zero-order valence-electron chi connectivity index (χ0n) is 22.5. The van der Waals surface area contributed by atoms with E-state index in [0.717, 1.165) is 81.7 Å². The Hall–Kier alpha value is -3.13. The second-order valence-corrected chi connectivity index (χ2v) is 10.1. The summed E-state index contributed by atoms with van der Waals surface area (Å²) in [5.74, 6) is 0. The first-order chi connectivity index (χ1) is 19.2. The van der Waals surface area contributed by atoms with Crippen LogP contribution in [-0.4, -0.2) is 47.6 Å². The molecule has 0 aliphatic heterocycles. The van der Waals surface area contributed by atoms with E-state index in [9.17, 15) is 0 Å². The number of hydrogen-bond acceptors (Lipinski definition) is 6. The van der Waals surface area contributed by atoms with Crippen molar-refractivity contribution in [2.24, 2.45) is 0 Å². The average molecular weight is 543 g/mol. The van der Waals surface area contributed by atoms with Crippen molar-refractivity contribution in [3.05, 3.63) is 130 Å². The molecule has 39 heavy (non-hydrogen) atoms. The molecular weight excluding hydrogens is 504 g/mol. The maximum atomic E-state index is 5.98. The Morgan fingerprint density at radius 2 is 1.10 bits per heavy atom. The molecule has 0 aliphatic rings. The minimum absolute atomic E-state index is 0.784. The largest absolute Gasteiger partial charge is 0.312 e. The van der Waals surface area contributed by atoms with Crippen molar-refractivity contribution in [2.45, 2.75) is 32.6 Å². The molecule has 2 heterocycles. The monoisotopic (exact) mass is 542 g/mol. The second-order valence-electron chi connectivity index (χ2n) is 9.64. The number of hydrogen-bond donors (Lipinski definition) is 3. The first-order valence-electron chi connectivity index (χ1n) is 13.7. The fourth-order valence-electron chi connectivity index (χ4n) is 4.32. The van der Waals surface area contributed by atoms with E-state index in [0.29, 0.717) is 0 Å². The van der Waals surface area contributed by atoms with Gasteiger partial charge in [-0.25, -0.2) is 0 Å². The molecule has 2 aromatic heterocycles. The molecule has 7 heteroatoms. The lowest BCUT2D eigenvalue weighted by Gasteiger charge is -2.23. The van der Waals surface area contributed by atoms with Gasteiger partial charge >= 0.3 is 0 Å². The number of benzene rings is 2.